The van der Waals surface area contributed by atoms with E-state index in [4.69, 9.17) is 5.73 Å². The molecule has 7 nitrogen and oxygen atoms in total. The van der Waals surface area contributed by atoms with E-state index in [2.05, 4.69) is 15.3 Å². The number of primary amides is 1. The van der Waals surface area contributed by atoms with Gasteiger partial charge in [-0.3, -0.25) is 19.4 Å². The van der Waals surface area contributed by atoms with Crippen molar-refractivity contribution in [2.24, 2.45) is 12.8 Å². The first-order chi connectivity index (χ1) is 11.5. The van der Waals surface area contributed by atoms with Crippen LogP contribution in [0.1, 0.15) is 34.7 Å². The van der Waals surface area contributed by atoms with E-state index in [0.717, 1.165) is 16.8 Å². The molecule has 2 heterocycles. The molecule has 1 atom stereocenters. The van der Waals surface area contributed by atoms with Crippen LogP contribution in [0.3, 0.4) is 0 Å². The van der Waals surface area contributed by atoms with Gasteiger partial charge in [0, 0.05) is 43.3 Å². The number of aromatic amines is 2. The SMILES string of the molecule is Cn1cc([C@H](CC(N)=O)c2c(Cc3ccccc3)[nH][nH]c2=O)cn1. The molecule has 0 saturated heterocycles. The fraction of sp³-hybridized carbons (Fsp3) is 0.235. The fourth-order valence-corrected chi connectivity index (χ4v) is 2.92. The molecule has 1 amide bonds. The summed E-state index contributed by atoms with van der Waals surface area (Å²) >= 11 is 0. The Labute approximate surface area is 138 Å². The van der Waals surface area contributed by atoms with Crippen molar-refractivity contribution in [1.29, 1.82) is 0 Å². The highest BCUT2D eigenvalue weighted by atomic mass is 16.1. The minimum atomic E-state index is -0.463. The number of H-pyrrole nitrogens is 2. The van der Waals surface area contributed by atoms with Gasteiger partial charge in [-0.2, -0.15) is 5.10 Å². The van der Waals surface area contributed by atoms with Gasteiger partial charge < -0.3 is 10.8 Å². The highest BCUT2D eigenvalue weighted by molar-refractivity contribution is 5.75. The van der Waals surface area contributed by atoms with Gasteiger partial charge in [-0.05, 0) is 11.1 Å². The highest BCUT2D eigenvalue weighted by Gasteiger charge is 2.25. The van der Waals surface area contributed by atoms with Crippen molar-refractivity contribution in [2.75, 3.05) is 0 Å². The van der Waals surface area contributed by atoms with Crippen molar-refractivity contribution in [3.8, 4) is 0 Å². The van der Waals surface area contributed by atoms with Crippen LogP contribution in [0, 0.1) is 0 Å². The number of hydrogen-bond donors (Lipinski definition) is 3. The topological polar surface area (TPSA) is 110 Å². The number of carbonyl (C=O) groups is 1. The molecular weight excluding hydrogens is 306 g/mol. The minimum Gasteiger partial charge on any atom is -0.370 e. The molecule has 3 aromatic rings. The quantitative estimate of drug-likeness (QED) is 0.629. The number of amides is 1. The van der Waals surface area contributed by atoms with Crippen molar-refractivity contribution in [1.82, 2.24) is 20.0 Å². The Kier molecular flexibility index (Phi) is 4.33. The van der Waals surface area contributed by atoms with E-state index in [0.29, 0.717) is 12.0 Å². The van der Waals surface area contributed by atoms with Gasteiger partial charge in [0.05, 0.1) is 6.20 Å². The van der Waals surface area contributed by atoms with Gasteiger partial charge >= 0.3 is 0 Å². The molecule has 3 rings (SSSR count). The van der Waals surface area contributed by atoms with Crippen LogP contribution >= 0.6 is 0 Å². The summed E-state index contributed by atoms with van der Waals surface area (Å²) < 4.78 is 1.64. The summed E-state index contributed by atoms with van der Waals surface area (Å²) in [7, 11) is 1.79. The zero-order valence-electron chi connectivity index (χ0n) is 13.3. The molecule has 2 aromatic heterocycles. The molecule has 0 aliphatic carbocycles. The first kappa shape index (κ1) is 15.8. The highest BCUT2D eigenvalue weighted by Crippen LogP contribution is 2.28. The van der Waals surface area contributed by atoms with Crippen molar-refractivity contribution in [2.45, 2.75) is 18.8 Å². The van der Waals surface area contributed by atoms with Gasteiger partial charge in [-0.15, -0.1) is 0 Å². The normalized spacial score (nSPS) is 12.2. The second-order valence-electron chi connectivity index (χ2n) is 5.80. The number of aromatic nitrogens is 4. The molecule has 7 heteroatoms. The van der Waals surface area contributed by atoms with Crippen molar-refractivity contribution in [3.05, 3.63) is 75.5 Å². The third-order valence-corrected chi connectivity index (χ3v) is 4.00. The number of nitrogens with two attached hydrogens (primary N) is 1. The second-order valence-corrected chi connectivity index (χ2v) is 5.80. The van der Waals surface area contributed by atoms with Crippen molar-refractivity contribution < 1.29 is 4.79 Å². The molecule has 124 valence electrons. The van der Waals surface area contributed by atoms with Crippen molar-refractivity contribution >= 4 is 5.91 Å². The molecular formula is C17H19N5O2. The Hall–Kier alpha value is -3.09. The summed E-state index contributed by atoms with van der Waals surface area (Å²) in [5.74, 6) is -0.889. The predicted molar refractivity (Wildman–Crippen MR) is 89.5 cm³/mol. The Morgan fingerprint density at radius 2 is 2.04 bits per heavy atom. The van der Waals surface area contributed by atoms with E-state index < -0.39 is 11.8 Å². The van der Waals surface area contributed by atoms with E-state index in [1.165, 1.54) is 0 Å². The van der Waals surface area contributed by atoms with Crippen LogP contribution < -0.4 is 11.3 Å². The first-order valence-corrected chi connectivity index (χ1v) is 7.64. The predicted octanol–water partition coefficient (Wildman–Crippen LogP) is 1.03. The average molecular weight is 325 g/mol. The molecule has 0 bridgehead atoms. The smallest absolute Gasteiger partial charge is 0.267 e. The Morgan fingerprint density at radius 1 is 1.29 bits per heavy atom. The van der Waals surface area contributed by atoms with E-state index in [1.54, 1.807) is 24.1 Å². The number of rotatable bonds is 6. The Morgan fingerprint density at radius 3 is 2.67 bits per heavy atom. The summed E-state index contributed by atoms with van der Waals surface area (Å²) in [6, 6.07) is 9.81. The van der Waals surface area contributed by atoms with Crippen molar-refractivity contribution in [3.63, 3.8) is 0 Å². The van der Waals surface area contributed by atoms with Gasteiger partial charge in [0.1, 0.15) is 0 Å². The van der Waals surface area contributed by atoms with E-state index in [9.17, 15) is 9.59 Å². The van der Waals surface area contributed by atoms with Crippen LogP contribution in [0.25, 0.3) is 0 Å². The maximum atomic E-state index is 12.4. The van der Waals surface area contributed by atoms with Crippen LogP contribution in [0.5, 0.6) is 0 Å². The summed E-state index contributed by atoms with van der Waals surface area (Å²) in [5, 5.41) is 9.70. The van der Waals surface area contributed by atoms with Gasteiger partial charge in [0.2, 0.25) is 5.91 Å². The number of aryl methyl sites for hydroxylation is 1. The van der Waals surface area contributed by atoms with E-state index >= 15 is 0 Å². The minimum absolute atomic E-state index is 0.0500. The zero-order chi connectivity index (χ0) is 17.1. The van der Waals surface area contributed by atoms with Crippen LogP contribution in [-0.2, 0) is 18.3 Å². The zero-order valence-corrected chi connectivity index (χ0v) is 13.3. The summed E-state index contributed by atoms with van der Waals surface area (Å²) in [4.78, 5) is 23.9. The molecule has 0 aliphatic rings. The number of carbonyl (C=O) groups excluding carboxylic acids is 1. The molecule has 0 radical (unpaired) electrons. The lowest BCUT2D eigenvalue weighted by molar-refractivity contribution is -0.118. The number of nitrogens with one attached hydrogen (secondary N) is 2. The number of nitrogens with zero attached hydrogens (tertiary/aromatic N) is 2. The molecule has 4 N–H and O–H groups in total. The lowest BCUT2D eigenvalue weighted by Crippen LogP contribution is -2.20. The molecule has 0 spiro atoms. The monoisotopic (exact) mass is 325 g/mol. The lowest BCUT2D eigenvalue weighted by atomic mass is 9.89. The van der Waals surface area contributed by atoms with Gasteiger partial charge in [0.15, 0.2) is 0 Å². The summed E-state index contributed by atoms with van der Waals surface area (Å²) in [6.07, 6.45) is 4.07. The van der Waals surface area contributed by atoms with Crippen LogP contribution in [-0.4, -0.2) is 25.9 Å². The van der Waals surface area contributed by atoms with Gasteiger partial charge in [-0.25, -0.2) is 0 Å². The van der Waals surface area contributed by atoms with E-state index in [1.807, 2.05) is 30.3 Å². The lowest BCUT2D eigenvalue weighted by Gasteiger charge is -2.13. The number of benzene rings is 1. The maximum absolute atomic E-state index is 12.4. The van der Waals surface area contributed by atoms with Crippen LogP contribution in [0.4, 0.5) is 0 Å². The van der Waals surface area contributed by atoms with Crippen LogP contribution in [0.15, 0.2) is 47.5 Å². The molecule has 0 aliphatic heterocycles. The Balaban J connectivity index is 2.03. The van der Waals surface area contributed by atoms with Gasteiger partial charge in [-0.1, -0.05) is 30.3 Å². The maximum Gasteiger partial charge on any atom is 0.267 e. The summed E-state index contributed by atoms with van der Waals surface area (Å²) in [6.45, 7) is 0. The van der Waals surface area contributed by atoms with Crippen LogP contribution in [0.2, 0.25) is 0 Å². The third kappa shape index (κ3) is 3.29. The molecule has 0 saturated carbocycles. The average Bonchev–Trinajstić information content (AvgIpc) is 3.13. The molecule has 0 fully saturated rings. The fourth-order valence-electron chi connectivity index (χ4n) is 2.92. The first-order valence-electron chi connectivity index (χ1n) is 7.64. The third-order valence-electron chi connectivity index (χ3n) is 4.00. The standard InChI is InChI=1S/C17H19N5O2/c1-22-10-12(9-19-22)13(8-15(18)23)16-14(20-21-17(16)24)7-11-5-3-2-4-6-11/h2-6,9-10,13H,7-8H2,1H3,(H2,18,23)(H2,20,21,24)/t13-/m0/s1. The second kappa shape index (κ2) is 6.57. The largest absolute Gasteiger partial charge is 0.370 e. The molecule has 1 aromatic carbocycles. The van der Waals surface area contributed by atoms with E-state index in [-0.39, 0.29) is 12.0 Å². The number of hydrogen-bond acceptors (Lipinski definition) is 3. The summed E-state index contributed by atoms with van der Waals surface area (Å²) in [5.41, 5.74) is 8.31. The Bertz CT molecular complexity index is 891. The van der Waals surface area contributed by atoms with Gasteiger partial charge in [0.25, 0.3) is 5.56 Å². The molecule has 0 unspecified atom stereocenters. The molecule has 24 heavy (non-hydrogen) atoms.